The molecule has 1 N–H and O–H groups in total. The molecular formula is C17H16ClNO. The minimum atomic E-state index is -0.0391. The Morgan fingerprint density at radius 2 is 1.75 bits per heavy atom. The van der Waals surface area contributed by atoms with Gasteiger partial charge in [0.05, 0.1) is 0 Å². The fraction of sp³-hybridized carbons (Fsp3) is 0.235. The number of fused-ring (bicyclic) bond motifs is 1. The molecule has 2 nitrogen and oxygen atoms in total. The van der Waals surface area contributed by atoms with Crippen molar-refractivity contribution in [3.05, 3.63) is 69.7 Å². The zero-order chi connectivity index (χ0) is 14.1. The number of nitrogens with one attached hydrogen (secondary N) is 1. The lowest BCUT2D eigenvalue weighted by atomic mass is 10.1. The normalized spacial score (nSPS) is 14.1. The largest absolute Gasteiger partial charge is 0.349 e. The van der Waals surface area contributed by atoms with E-state index in [0.29, 0.717) is 10.6 Å². The molecule has 0 aromatic heterocycles. The Kier molecular flexibility index (Phi) is 3.49. The molecule has 3 rings (SSSR count). The number of carbonyl (C=O) groups excluding carboxylic acids is 1. The summed E-state index contributed by atoms with van der Waals surface area (Å²) in [6, 6.07) is 14.0. The number of benzene rings is 2. The van der Waals surface area contributed by atoms with E-state index in [0.717, 1.165) is 18.4 Å². The lowest BCUT2D eigenvalue weighted by molar-refractivity contribution is 0.0938. The molecule has 3 heteroatoms. The molecule has 20 heavy (non-hydrogen) atoms. The maximum absolute atomic E-state index is 12.4. The van der Waals surface area contributed by atoms with E-state index in [4.69, 9.17) is 11.6 Å². The Hall–Kier alpha value is -1.80. The van der Waals surface area contributed by atoms with Gasteiger partial charge in [0.15, 0.2) is 0 Å². The van der Waals surface area contributed by atoms with Crippen LogP contribution in [0.5, 0.6) is 0 Å². The van der Waals surface area contributed by atoms with Gasteiger partial charge in [-0.3, -0.25) is 4.79 Å². The third-order valence-corrected chi connectivity index (χ3v) is 4.31. The van der Waals surface area contributed by atoms with Crippen molar-refractivity contribution in [2.75, 3.05) is 0 Å². The van der Waals surface area contributed by atoms with Crippen molar-refractivity contribution in [3.8, 4) is 0 Å². The van der Waals surface area contributed by atoms with Crippen LogP contribution in [0.1, 0.15) is 27.0 Å². The zero-order valence-electron chi connectivity index (χ0n) is 11.3. The molecule has 0 saturated heterocycles. The smallest absolute Gasteiger partial charge is 0.251 e. The zero-order valence-corrected chi connectivity index (χ0v) is 12.1. The highest BCUT2D eigenvalue weighted by Crippen LogP contribution is 2.23. The Labute approximate surface area is 123 Å². The summed E-state index contributed by atoms with van der Waals surface area (Å²) >= 11 is 6.07. The molecule has 0 aliphatic heterocycles. The van der Waals surface area contributed by atoms with Gasteiger partial charge in [0.25, 0.3) is 5.91 Å². The highest BCUT2D eigenvalue weighted by Gasteiger charge is 2.23. The molecule has 0 heterocycles. The van der Waals surface area contributed by atoms with Crippen LogP contribution in [0.2, 0.25) is 5.02 Å². The van der Waals surface area contributed by atoms with Crippen molar-refractivity contribution in [1.82, 2.24) is 5.32 Å². The predicted molar refractivity (Wildman–Crippen MR) is 81.3 cm³/mol. The van der Waals surface area contributed by atoms with E-state index in [-0.39, 0.29) is 11.9 Å². The first kappa shape index (κ1) is 13.2. The number of rotatable bonds is 2. The SMILES string of the molecule is Cc1c(Cl)cccc1C(=O)NC1Cc2ccccc2C1. The molecule has 0 bridgehead atoms. The summed E-state index contributed by atoms with van der Waals surface area (Å²) in [6.45, 7) is 1.88. The maximum atomic E-state index is 12.4. The first-order valence-electron chi connectivity index (χ1n) is 6.78. The fourth-order valence-electron chi connectivity index (χ4n) is 2.78. The van der Waals surface area contributed by atoms with Gasteiger partial charge in [-0.05, 0) is 48.6 Å². The molecule has 1 aliphatic rings. The molecule has 2 aromatic rings. The summed E-state index contributed by atoms with van der Waals surface area (Å²) in [5.41, 5.74) is 4.16. The summed E-state index contributed by atoms with van der Waals surface area (Å²) < 4.78 is 0. The van der Waals surface area contributed by atoms with Gasteiger partial charge in [-0.2, -0.15) is 0 Å². The summed E-state index contributed by atoms with van der Waals surface area (Å²) in [5, 5.41) is 3.74. The van der Waals surface area contributed by atoms with Crippen molar-refractivity contribution >= 4 is 17.5 Å². The van der Waals surface area contributed by atoms with Gasteiger partial charge in [0.2, 0.25) is 0 Å². The van der Waals surface area contributed by atoms with Crippen LogP contribution in [0.3, 0.4) is 0 Å². The van der Waals surface area contributed by atoms with Gasteiger partial charge >= 0.3 is 0 Å². The van der Waals surface area contributed by atoms with Crippen LogP contribution in [-0.4, -0.2) is 11.9 Å². The van der Waals surface area contributed by atoms with Crippen LogP contribution in [0.15, 0.2) is 42.5 Å². The predicted octanol–water partition coefficient (Wildman–Crippen LogP) is 3.55. The number of halogens is 1. The van der Waals surface area contributed by atoms with Crippen molar-refractivity contribution in [1.29, 1.82) is 0 Å². The number of amides is 1. The molecule has 0 saturated carbocycles. The first-order chi connectivity index (χ1) is 9.65. The fourth-order valence-corrected chi connectivity index (χ4v) is 2.95. The van der Waals surface area contributed by atoms with Gasteiger partial charge < -0.3 is 5.32 Å². The molecule has 0 unspecified atom stereocenters. The second kappa shape index (κ2) is 5.29. The minimum absolute atomic E-state index is 0.0391. The van der Waals surface area contributed by atoms with E-state index in [2.05, 4.69) is 17.4 Å². The average molecular weight is 286 g/mol. The van der Waals surface area contributed by atoms with E-state index >= 15 is 0 Å². The molecule has 0 atom stereocenters. The molecule has 0 fully saturated rings. The topological polar surface area (TPSA) is 29.1 Å². The second-order valence-electron chi connectivity index (χ2n) is 5.26. The van der Waals surface area contributed by atoms with Crippen LogP contribution in [0.25, 0.3) is 0 Å². The lowest BCUT2D eigenvalue weighted by Crippen LogP contribution is -2.35. The molecule has 0 radical (unpaired) electrons. The van der Waals surface area contributed by atoms with Crippen molar-refractivity contribution < 1.29 is 4.79 Å². The minimum Gasteiger partial charge on any atom is -0.349 e. The summed E-state index contributed by atoms with van der Waals surface area (Å²) in [5.74, 6) is -0.0391. The quantitative estimate of drug-likeness (QED) is 0.898. The van der Waals surface area contributed by atoms with E-state index in [1.54, 1.807) is 6.07 Å². The molecule has 0 spiro atoms. The van der Waals surface area contributed by atoms with Gasteiger partial charge in [0.1, 0.15) is 0 Å². The van der Waals surface area contributed by atoms with Crippen molar-refractivity contribution in [3.63, 3.8) is 0 Å². The molecule has 2 aromatic carbocycles. The van der Waals surface area contributed by atoms with Crippen LogP contribution in [0.4, 0.5) is 0 Å². The molecule has 102 valence electrons. The Bertz CT molecular complexity index is 641. The van der Waals surface area contributed by atoms with E-state index < -0.39 is 0 Å². The van der Waals surface area contributed by atoms with Crippen LogP contribution in [-0.2, 0) is 12.8 Å². The third kappa shape index (κ3) is 2.44. The van der Waals surface area contributed by atoms with Crippen LogP contribution < -0.4 is 5.32 Å². The Balaban J connectivity index is 1.74. The Morgan fingerprint density at radius 1 is 1.10 bits per heavy atom. The van der Waals surface area contributed by atoms with Gasteiger partial charge in [-0.15, -0.1) is 0 Å². The monoisotopic (exact) mass is 285 g/mol. The third-order valence-electron chi connectivity index (χ3n) is 3.90. The van der Waals surface area contributed by atoms with E-state index in [9.17, 15) is 4.79 Å². The maximum Gasteiger partial charge on any atom is 0.251 e. The summed E-state index contributed by atoms with van der Waals surface area (Å²) in [4.78, 5) is 12.4. The summed E-state index contributed by atoms with van der Waals surface area (Å²) in [6.07, 6.45) is 1.81. The highest BCUT2D eigenvalue weighted by molar-refractivity contribution is 6.31. The molecular weight excluding hydrogens is 270 g/mol. The van der Waals surface area contributed by atoms with Crippen LogP contribution in [0, 0.1) is 6.92 Å². The van der Waals surface area contributed by atoms with Crippen LogP contribution >= 0.6 is 11.6 Å². The van der Waals surface area contributed by atoms with Crippen molar-refractivity contribution in [2.45, 2.75) is 25.8 Å². The summed E-state index contributed by atoms with van der Waals surface area (Å²) in [7, 11) is 0. The number of carbonyl (C=O) groups is 1. The number of hydrogen-bond acceptors (Lipinski definition) is 1. The first-order valence-corrected chi connectivity index (χ1v) is 7.15. The molecule has 1 aliphatic carbocycles. The molecule has 1 amide bonds. The Morgan fingerprint density at radius 3 is 2.40 bits per heavy atom. The highest BCUT2D eigenvalue weighted by atomic mass is 35.5. The second-order valence-corrected chi connectivity index (χ2v) is 5.67. The van der Waals surface area contributed by atoms with Gasteiger partial charge in [-0.1, -0.05) is 41.9 Å². The van der Waals surface area contributed by atoms with Crippen molar-refractivity contribution in [2.24, 2.45) is 0 Å². The standard InChI is InChI=1S/C17H16ClNO/c1-11-15(7-4-8-16(11)18)17(20)19-14-9-12-5-2-3-6-13(12)10-14/h2-8,14H,9-10H2,1H3,(H,19,20). The average Bonchev–Trinajstić information content (AvgIpc) is 2.83. The van der Waals surface area contributed by atoms with E-state index in [1.807, 2.05) is 31.2 Å². The lowest BCUT2D eigenvalue weighted by Gasteiger charge is -2.14. The van der Waals surface area contributed by atoms with Gasteiger partial charge in [-0.25, -0.2) is 0 Å². The number of hydrogen-bond donors (Lipinski definition) is 1. The van der Waals surface area contributed by atoms with E-state index in [1.165, 1.54) is 11.1 Å². The van der Waals surface area contributed by atoms with Gasteiger partial charge in [0, 0.05) is 16.6 Å².